The minimum Gasteiger partial charge on any atom is -0.478 e. The van der Waals surface area contributed by atoms with Crippen molar-refractivity contribution >= 4 is 46.5 Å². The molecule has 3 aromatic heterocycles. The van der Waals surface area contributed by atoms with Crippen molar-refractivity contribution in [2.75, 3.05) is 31.2 Å². The van der Waals surface area contributed by atoms with Crippen LogP contribution in [0.4, 0.5) is 19.0 Å². The molecule has 1 saturated heterocycles. The standard InChI is InChI=1S/C28H23N5O3.C2HF3O2/c34-28(35)21-7-5-20(6-8-21)25-17-29-26(32-13-15-36-16-14-32)27-31-23(18-33(25)27)12-11-22-10-9-19-3-1-2-4-24(19)30-22;3-2(4,5)1(6)7/h1-12,17-18H,13-16H2,(H,34,35);(H,6,7). The summed E-state index contributed by atoms with van der Waals surface area (Å²) < 4.78 is 39.3. The van der Waals surface area contributed by atoms with Gasteiger partial charge in [-0.25, -0.2) is 24.5 Å². The van der Waals surface area contributed by atoms with E-state index in [9.17, 15) is 23.1 Å². The van der Waals surface area contributed by atoms with Gasteiger partial charge in [0, 0.05) is 30.2 Å². The maximum absolute atomic E-state index is 11.3. The quantitative estimate of drug-likeness (QED) is 0.280. The molecule has 0 radical (unpaired) electrons. The fourth-order valence-corrected chi connectivity index (χ4v) is 4.40. The minimum absolute atomic E-state index is 0.241. The van der Waals surface area contributed by atoms with Crippen LogP contribution in [0.1, 0.15) is 21.7 Å². The maximum atomic E-state index is 11.3. The molecule has 10 nitrogen and oxygen atoms in total. The fraction of sp³-hybridized carbons (Fsp3) is 0.167. The van der Waals surface area contributed by atoms with E-state index in [4.69, 9.17) is 29.6 Å². The summed E-state index contributed by atoms with van der Waals surface area (Å²) >= 11 is 0. The second-order valence-electron chi connectivity index (χ2n) is 9.37. The monoisotopic (exact) mass is 591 g/mol. The highest BCUT2D eigenvalue weighted by Gasteiger charge is 2.38. The molecule has 1 aliphatic rings. The smallest absolute Gasteiger partial charge is 0.478 e. The second-order valence-corrected chi connectivity index (χ2v) is 9.37. The number of hydrogen-bond acceptors (Lipinski definition) is 7. The molecule has 2 N–H and O–H groups in total. The van der Waals surface area contributed by atoms with Crippen molar-refractivity contribution in [1.82, 2.24) is 19.4 Å². The zero-order valence-corrected chi connectivity index (χ0v) is 22.4. The maximum Gasteiger partial charge on any atom is 0.490 e. The molecule has 0 aliphatic carbocycles. The Kier molecular flexibility index (Phi) is 8.34. The summed E-state index contributed by atoms with van der Waals surface area (Å²) in [7, 11) is 0. The number of aliphatic carboxylic acids is 1. The zero-order valence-electron chi connectivity index (χ0n) is 22.4. The van der Waals surface area contributed by atoms with E-state index in [2.05, 4.69) is 11.0 Å². The first-order chi connectivity index (χ1) is 20.6. The Morgan fingerprint density at radius 2 is 1.56 bits per heavy atom. The van der Waals surface area contributed by atoms with Gasteiger partial charge in [0.1, 0.15) is 0 Å². The van der Waals surface area contributed by atoms with Crippen LogP contribution in [0.2, 0.25) is 0 Å². The fourth-order valence-electron chi connectivity index (χ4n) is 4.40. The van der Waals surface area contributed by atoms with Crippen molar-refractivity contribution in [1.29, 1.82) is 0 Å². The number of carbonyl (C=O) groups is 2. The largest absolute Gasteiger partial charge is 0.490 e. The lowest BCUT2D eigenvalue weighted by Crippen LogP contribution is -2.37. The van der Waals surface area contributed by atoms with Crippen LogP contribution in [-0.4, -0.2) is 74.0 Å². The third-order valence-corrected chi connectivity index (χ3v) is 6.52. The molecule has 0 spiro atoms. The van der Waals surface area contributed by atoms with Crippen molar-refractivity contribution in [2.45, 2.75) is 6.18 Å². The van der Waals surface area contributed by atoms with Crippen molar-refractivity contribution < 1.29 is 37.7 Å². The molecule has 220 valence electrons. The van der Waals surface area contributed by atoms with Gasteiger partial charge in [0.25, 0.3) is 0 Å². The van der Waals surface area contributed by atoms with Crippen molar-refractivity contribution in [3.63, 3.8) is 0 Å². The average molecular weight is 592 g/mol. The number of ether oxygens (including phenoxy) is 1. The number of rotatable bonds is 5. The number of nitrogens with zero attached hydrogens (tertiary/aromatic N) is 5. The summed E-state index contributed by atoms with van der Waals surface area (Å²) in [4.78, 5) is 36.8. The zero-order chi connectivity index (χ0) is 30.6. The van der Waals surface area contributed by atoms with Gasteiger partial charge in [-0.15, -0.1) is 0 Å². The number of morpholine rings is 1. The Balaban J connectivity index is 0.000000472. The number of alkyl halides is 3. The molecular formula is C30H24F3N5O5. The topological polar surface area (TPSA) is 130 Å². The number of anilines is 1. The number of hydrogen-bond donors (Lipinski definition) is 2. The van der Waals surface area contributed by atoms with E-state index in [0.717, 1.165) is 58.1 Å². The van der Waals surface area contributed by atoms with Crippen LogP contribution >= 0.6 is 0 Å². The molecule has 13 heteroatoms. The SMILES string of the molecule is O=C(O)C(F)(F)F.O=C(O)c1ccc(-c2cnc(N3CCOCC3)c3nc(C=Cc4ccc5ccccc5n4)cn23)cc1. The lowest BCUT2D eigenvalue weighted by Gasteiger charge is -2.28. The van der Waals surface area contributed by atoms with Gasteiger partial charge in [0.15, 0.2) is 11.5 Å². The Morgan fingerprint density at radius 3 is 2.23 bits per heavy atom. The molecule has 5 aromatic rings. The number of carboxylic acids is 2. The number of carboxylic acid groups (broad SMARTS) is 2. The van der Waals surface area contributed by atoms with E-state index < -0.39 is 18.1 Å². The molecule has 0 bridgehead atoms. The van der Waals surface area contributed by atoms with Gasteiger partial charge in [0.2, 0.25) is 0 Å². The summed E-state index contributed by atoms with van der Waals surface area (Å²) in [5.74, 6) is -2.91. The first-order valence-electron chi connectivity index (χ1n) is 13.0. The van der Waals surface area contributed by atoms with Crippen molar-refractivity contribution in [2.24, 2.45) is 0 Å². The van der Waals surface area contributed by atoms with Crippen molar-refractivity contribution in [3.05, 3.63) is 90.0 Å². The van der Waals surface area contributed by atoms with E-state index in [-0.39, 0.29) is 5.56 Å². The summed E-state index contributed by atoms with van der Waals surface area (Å²) in [6, 6.07) is 18.9. The van der Waals surface area contributed by atoms with E-state index in [1.165, 1.54) is 0 Å². The number of imidazole rings is 1. The highest BCUT2D eigenvalue weighted by atomic mass is 19.4. The van der Waals surface area contributed by atoms with Gasteiger partial charge in [0.05, 0.1) is 47.6 Å². The Morgan fingerprint density at radius 1 is 0.884 bits per heavy atom. The third kappa shape index (κ3) is 6.79. The molecule has 43 heavy (non-hydrogen) atoms. The predicted molar refractivity (Wildman–Crippen MR) is 153 cm³/mol. The van der Waals surface area contributed by atoms with E-state index in [1.807, 2.05) is 59.3 Å². The number of halogens is 3. The third-order valence-electron chi connectivity index (χ3n) is 6.52. The first-order valence-corrected chi connectivity index (χ1v) is 13.0. The van der Waals surface area contributed by atoms with Crippen LogP contribution in [0.3, 0.4) is 0 Å². The lowest BCUT2D eigenvalue weighted by atomic mass is 10.1. The Hall–Kier alpha value is -5.30. The second kappa shape index (κ2) is 12.3. The minimum atomic E-state index is -5.08. The molecule has 1 aliphatic heterocycles. The first kappa shape index (κ1) is 29.2. The van der Waals surface area contributed by atoms with E-state index in [1.54, 1.807) is 24.3 Å². The van der Waals surface area contributed by atoms with Gasteiger partial charge in [-0.05, 0) is 36.4 Å². The average Bonchev–Trinajstić information content (AvgIpc) is 3.44. The van der Waals surface area contributed by atoms with Gasteiger partial charge in [-0.2, -0.15) is 13.2 Å². The highest BCUT2D eigenvalue weighted by Crippen LogP contribution is 2.28. The van der Waals surface area contributed by atoms with E-state index >= 15 is 0 Å². The number of pyridine rings is 1. The number of para-hydroxylation sites is 1. The molecule has 4 heterocycles. The van der Waals surface area contributed by atoms with Gasteiger partial charge in [-0.3, -0.25) is 4.40 Å². The Bertz CT molecular complexity index is 1810. The highest BCUT2D eigenvalue weighted by molar-refractivity contribution is 5.88. The summed E-state index contributed by atoms with van der Waals surface area (Å²) in [6.07, 6.45) is 2.61. The predicted octanol–water partition coefficient (Wildman–Crippen LogP) is 5.28. The van der Waals surface area contributed by atoms with Crippen LogP contribution in [0.25, 0.3) is 40.0 Å². The molecule has 0 unspecified atom stereocenters. The molecule has 2 aromatic carbocycles. The van der Waals surface area contributed by atoms with Crippen LogP contribution in [-0.2, 0) is 9.53 Å². The van der Waals surface area contributed by atoms with Crippen LogP contribution in [0.15, 0.2) is 73.1 Å². The summed E-state index contributed by atoms with van der Waals surface area (Å²) in [5, 5.41) is 17.5. The number of aromatic nitrogens is 4. The Labute approximate surface area is 242 Å². The van der Waals surface area contributed by atoms with E-state index in [0.29, 0.717) is 13.2 Å². The van der Waals surface area contributed by atoms with Gasteiger partial charge < -0.3 is 19.8 Å². The molecular weight excluding hydrogens is 567 g/mol. The van der Waals surface area contributed by atoms with Crippen LogP contribution in [0, 0.1) is 0 Å². The van der Waals surface area contributed by atoms with Crippen molar-refractivity contribution in [3.8, 4) is 11.3 Å². The lowest BCUT2D eigenvalue weighted by molar-refractivity contribution is -0.192. The molecule has 0 saturated carbocycles. The molecule has 6 rings (SSSR count). The normalized spacial score (nSPS) is 13.7. The number of benzene rings is 2. The molecule has 0 amide bonds. The van der Waals surface area contributed by atoms with Crippen LogP contribution in [0.5, 0.6) is 0 Å². The summed E-state index contributed by atoms with van der Waals surface area (Å²) in [5.41, 5.74) is 5.23. The molecule has 1 fully saturated rings. The number of aromatic carboxylic acids is 1. The molecule has 0 atom stereocenters. The number of fused-ring (bicyclic) bond motifs is 2. The van der Waals surface area contributed by atoms with Crippen LogP contribution < -0.4 is 4.90 Å². The van der Waals surface area contributed by atoms with Gasteiger partial charge in [-0.1, -0.05) is 36.4 Å². The van der Waals surface area contributed by atoms with Gasteiger partial charge >= 0.3 is 18.1 Å². The summed E-state index contributed by atoms with van der Waals surface area (Å²) in [6.45, 7) is 2.78.